The maximum Gasteiger partial charge on any atom is 0.220 e. The minimum Gasteiger partial charge on any atom is -0.489 e. The summed E-state index contributed by atoms with van der Waals surface area (Å²) in [7, 11) is 0. The van der Waals surface area contributed by atoms with Gasteiger partial charge in [0.05, 0.1) is 11.8 Å². The fourth-order valence-electron chi connectivity index (χ4n) is 3.21. The van der Waals surface area contributed by atoms with E-state index in [4.69, 9.17) is 4.74 Å². The summed E-state index contributed by atoms with van der Waals surface area (Å²) in [6.45, 7) is 1.96. The molecular weight excluding hydrogens is 314 g/mol. The van der Waals surface area contributed by atoms with Gasteiger partial charge in [0.1, 0.15) is 5.75 Å². The zero-order chi connectivity index (χ0) is 17.5. The highest BCUT2D eigenvalue weighted by atomic mass is 16.5. The summed E-state index contributed by atoms with van der Waals surface area (Å²) in [5.74, 6) is 0.997. The first kappa shape index (κ1) is 17.4. The van der Waals surface area contributed by atoms with Gasteiger partial charge in [-0.1, -0.05) is 0 Å². The van der Waals surface area contributed by atoms with Gasteiger partial charge in [0, 0.05) is 31.1 Å². The van der Waals surface area contributed by atoms with Crippen LogP contribution in [0.3, 0.4) is 0 Å². The van der Waals surface area contributed by atoms with E-state index in [-0.39, 0.29) is 18.1 Å². The normalized spacial score (nSPS) is 20.0. The number of nitrogens with one attached hydrogen (secondary N) is 1. The fraction of sp³-hybridized carbons (Fsp3) is 0.450. The lowest BCUT2D eigenvalue weighted by Crippen LogP contribution is -2.39. The van der Waals surface area contributed by atoms with Crippen molar-refractivity contribution in [2.45, 2.75) is 57.6 Å². The maximum absolute atomic E-state index is 12.1. The Hall–Kier alpha value is -2.43. The molecule has 1 saturated carbocycles. The number of rotatable bonds is 6. The molecule has 2 aromatic heterocycles. The van der Waals surface area contributed by atoms with Gasteiger partial charge in [-0.3, -0.25) is 14.8 Å². The van der Waals surface area contributed by atoms with E-state index in [0.717, 1.165) is 49.1 Å². The van der Waals surface area contributed by atoms with Gasteiger partial charge in [0.2, 0.25) is 5.91 Å². The topological polar surface area (TPSA) is 64.1 Å². The zero-order valence-corrected chi connectivity index (χ0v) is 14.6. The quantitative estimate of drug-likeness (QED) is 0.877. The van der Waals surface area contributed by atoms with E-state index >= 15 is 0 Å². The summed E-state index contributed by atoms with van der Waals surface area (Å²) < 4.78 is 6.06. The Labute approximate surface area is 148 Å². The molecule has 1 aliphatic rings. The van der Waals surface area contributed by atoms with E-state index in [1.54, 1.807) is 18.6 Å². The molecule has 0 unspecified atom stereocenters. The maximum atomic E-state index is 12.1. The van der Waals surface area contributed by atoms with Gasteiger partial charge < -0.3 is 10.1 Å². The average Bonchev–Trinajstić information content (AvgIpc) is 2.64. The monoisotopic (exact) mass is 339 g/mol. The summed E-state index contributed by atoms with van der Waals surface area (Å²) in [5, 5.41) is 3.16. The Bertz CT molecular complexity index is 682. The van der Waals surface area contributed by atoms with Crippen LogP contribution >= 0.6 is 0 Å². The van der Waals surface area contributed by atoms with Crippen molar-refractivity contribution >= 4 is 5.91 Å². The second kappa shape index (κ2) is 8.60. The highest BCUT2D eigenvalue weighted by Gasteiger charge is 2.23. The fourth-order valence-corrected chi connectivity index (χ4v) is 3.21. The number of hydrogen-bond donors (Lipinski definition) is 1. The zero-order valence-electron chi connectivity index (χ0n) is 14.6. The summed E-state index contributed by atoms with van der Waals surface area (Å²) in [6, 6.07) is 8.04. The van der Waals surface area contributed by atoms with Crippen LogP contribution in [-0.2, 0) is 11.2 Å². The van der Waals surface area contributed by atoms with Gasteiger partial charge in [-0.15, -0.1) is 0 Å². The third kappa shape index (κ3) is 5.28. The minimum absolute atomic E-state index is 0.129. The molecule has 1 aliphatic carbocycles. The lowest BCUT2D eigenvalue weighted by molar-refractivity contribution is -0.122. The Balaban J connectivity index is 1.39. The molecule has 5 heteroatoms. The van der Waals surface area contributed by atoms with E-state index in [1.807, 2.05) is 31.2 Å². The van der Waals surface area contributed by atoms with Crippen LogP contribution in [0.4, 0.5) is 0 Å². The van der Waals surface area contributed by atoms with Crippen molar-refractivity contribution in [2.75, 3.05) is 0 Å². The molecule has 25 heavy (non-hydrogen) atoms. The second-order valence-electron chi connectivity index (χ2n) is 6.60. The summed E-state index contributed by atoms with van der Waals surface area (Å²) in [4.78, 5) is 20.4. The Morgan fingerprint density at radius 1 is 1.16 bits per heavy atom. The molecule has 3 rings (SSSR count). The van der Waals surface area contributed by atoms with E-state index in [1.165, 1.54) is 0 Å². The molecule has 5 nitrogen and oxygen atoms in total. The Morgan fingerprint density at radius 2 is 1.92 bits per heavy atom. The summed E-state index contributed by atoms with van der Waals surface area (Å²) in [5.41, 5.74) is 2.07. The predicted octanol–water partition coefficient (Wildman–Crippen LogP) is 3.22. The number of pyridine rings is 2. The average molecular weight is 339 g/mol. The van der Waals surface area contributed by atoms with Crippen LogP contribution in [0.5, 0.6) is 5.75 Å². The molecule has 1 amide bonds. The van der Waals surface area contributed by atoms with E-state index in [9.17, 15) is 4.79 Å². The van der Waals surface area contributed by atoms with E-state index < -0.39 is 0 Å². The van der Waals surface area contributed by atoms with Gasteiger partial charge in [0.15, 0.2) is 0 Å². The minimum atomic E-state index is 0.129. The number of aryl methyl sites for hydroxylation is 2. The van der Waals surface area contributed by atoms with E-state index in [2.05, 4.69) is 15.3 Å². The van der Waals surface area contributed by atoms with Crippen LogP contribution in [-0.4, -0.2) is 28.0 Å². The summed E-state index contributed by atoms with van der Waals surface area (Å²) >= 11 is 0. The number of carbonyl (C=O) groups excluding carboxylic acids is 1. The smallest absolute Gasteiger partial charge is 0.220 e. The Kier molecular flexibility index (Phi) is 5.99. The molecule has 1 N–H and O–H groups in total. The first-order valence-electron chi connectivity index (χ1n) is 8.97. The molecular formula is C20H25N3O2. The highest BCUT2D eigenvalue weighted by molar-refractivity contribution is 5.76. The largest absolute Gasteiger partial charge is 0.489 e. The molecule has 0 spiro atoms. The van der Waals surface area contributed by atoms with Crippen molar-refractivity contribution in [1.29, 1.82) is 0 Å². The first-order chi connectivity index (χ1) is 12.2. The van der Waals surface area contributed by atoms with Gasteiger partial charge in [-0.25, -0.2) is 0 Å². The van der Waals surface area contributed by atoms with Crippen LogP contribution in [0.2, 0.25) is 0 Å². The molecule has 1 fully saturated rings. The number of nitrogens with zero attached hydrogens (tertiary/aromatic N) is 2. The molecule has 0 aromatic carbocycles. The van der Waals surface area contributed by atoms with E-state index in [0.29, 0.717) is 6.42 Å². The number of carbonyl (C=O) groups is 1. The first-order valence-corrected chi connectivity index (χ1v) is 8.97. The van der Waals surface area contributed by atoms with Crippen molar-refractivity contribution in [3.05, 3.63) is 54.1 Å². The predicted molar refractivity (Wildman–Crippen MR) is 96.3 cm³/mol. The van der Waals surface area contributed by atoms with Crippen molar-refractivity contribution in [3.8, 4) is 5.75 Å². The Morgan fingerprint density at radius 3 is 2.64 bits per heavy atom. The molecule has 132 valence electrons. The van der Waals surface area contributed by atoms with Gasteiger partial charge in [-0.05, 0) is 68.9 Å². The van der Waals surface area contributed by atoms with Gasteiger partial charge in [-0.2, -0.15) is 0 Å². The van der Waals surface area contributed by atoms with Crippen LogP contribution in [0.25, 0.3) is 0 Å². The van der Waals surface area contributed by atoms with Crippen molar-refractivity contribution in [1.82, 2.24) is 15.3 Å². The third-order valence-electron chi connectivity index (χ3n) is 4.68. The molecule has 0 bridgehead atoms. The number of hydrogen-bond acceptors (Lipinski definition) is 4. The SMILES string of the molecule is Cc1ncccc1OC1CCC(NC(=O)CCc2ccncc2)CC1. The van der Waals surface area contributed by atoms with Crippen molar-refractivity contribution in [3.63, 3.8) is 0 Å². The van der Waals surface area contributed by atoms with Gasteiger partial charge in [0.25, 0.3) is 0 Å². The van der Waals surface area contributed by atoms with Crippen LogP contribution in [0.1, 0.15) is 43.4 Å². The number of aromatic nitrogens is 2. The van der Waals surface area contributed by atoms with Crippen molar-refractivity contribution < 1.29 is 9.53 Å². The van der Waals surface area contributed by atoms with Crippen molar-refractivity contribution in [2.24, 2.45) is 0 Å². The number of amides is 1. The molecule has 2 aromatic rings. The summed E-state index contributed by atoms with van der Waals surface area (Å²) in [6.07, 6.45) is 10.6. The lowest BCUT2D eigenvalue weighted by atomic mass is 9.92. The van der Waals surface area contributed by atoms with Crippen LogP contribution < -0.4 is 10.1 Å². The molecule has 0 atom stereocenters. The number of ether oxygens (including phenoxy) is 1. The molecule has 0 aliphatic heterocycles. The van der Waals surface area contributed by atoms with Crippen LogP contribution in [0, 0.1) is 6.92 Å². The second-order valence-corrected chi connectivity index (χ2v) is 6.60. The molecule has 0 radical (unpaired) electrons. The lowest BCUT2D eigenvalue weighted by Gasteiger charge is -2.29. The van der Waals surface area contributed by atoms with Crippen LogP contribution in [0.15, 0.2) is 42.9 Å². The molecule has 2 heterocycles. The highest BCUT2D eigenvalue weighted by Crippen LogP contribution is 2.25. The standard InChI is InChI=1S/C20H25N3O2/c1-15-19(3-2-12-22-15)25-18-7-5-17(6-8-18)23-20(24)9-4-16-10-13-21-14-11-16/h2-3,10-14,17-18H,4-9H2,1H3,(H,23,24). The van der Waals surface area contributed by atoms with Gasteiger partial charge >= 0.3 is 0 Å². The molecule has 0 saturated heterocycles. The third-order valence-corrected chi connectivity index (χ3v) is 4.68.